The molecule has 0 saturated heterocycles. The van der Waals surface area contributed by atoms with Crippen molar-refractivity contribution in [1.29, 1.82) is 0 Å². The number of benzene rings is 5. The molecule has 1 aliphatic heterocycles. The molecule has 0 saturated carbocycles. The standard InChI is InChI=1S/C50H46OS/c1-5-7-23-49(24-8-6-2)42-27-33(46-18-13-25-51-46)20-21-37(42)38-29-44-39(30-43(38)49)48-31(3)26-34(47-22-19-32(4)52-47)28-45(48)50(44)40-16-11-9-14-35(40)36-15-10-12-17-41(36)50/h9-18,20-22,25-30,32H,5-8,19,23-24H2,1-4H3. The number of thioether (sulfide) groups is 1. The lowest BCUT2D eigenvalue weighted by Crippen LogP contribution is -2.27. The third-order valence-corrected chi connectivity index (χ3v) is 14.1. The van der Waals surface area contributed by atoms with Crippen LogP contribution in [0.4, 0.5) is 0 Å². The first kappa shape index (κ1) is 32.1. The Morgan fingerprint density at radius 2 is 1.29 bits per heavy atom. The van der Waals surface area contributed by atoms with Crippen LogP contribution in [0.1, 0.15) is 110 Å². The topological polar surface area (TPSA) is 13.1 Å². The minimum Gasteiger partial charge on any atom is -0.464 e. The van der Waals surface area contributed by atoms with Crippen LogP contribution in [0.5, 0.6) is 0 Å². The normalized spacial score (nSPS) is 17.8. The zero-order valence-corrected chi connectivity index (χ0v) is 31.6. The summed E-state index contributed by atoms with van der Waals surface area (Å²) in [5.74, 6) is 0.949. The van der Waals surface area contributed by atoms with Crippen LogP contribution in [0.25, 0.3) is 49.6 Å². The Morgan fingerprint density at radius 3 is 1.94 bits per heavy atom. The summed E-state index contributed by atoms with van der Waals surface area (Å²) in [7, 11) is 0. The van der Waals surface area contributed by atoms with E-state index in [4.69, 9.17) is 4.42 Å². The number of hydrogen-bond acceptors (Lipinski definition) is 2. The molecule has 52 heavy (non-hydrogen) atoms. The molecule has 0 amide bonds. The second-order valence-corrected chi connectivity index (χ2v) is 17.2. The molecule has 0 bridgehead atoms. The van der Waals surface area contributed by atoms with Gasteiger partial charge in [-0.05, 0) is 140 Å². The number of hydrogen-bond donors (Lipinski definition) is 0. The van der Waals surface area contributed by atoms with E-state index in [0.29, 0.717) is 5.25 Å². The molecular weight excluding hydrogens is 649 g/mol. The van der Waals surface area contributed by atoms with Crippen molar-refractivity contribution in [2.45, 2.75) is 88.7 Å². The second-order valence-electron chi connectivity index (χ2n) is 15.8. The third kappa shape index (κ3) is 4.31. The van der Waals surface area contributed by atoms with Crippen LogP contribution in [0, 0.1) is 6.92 Å². The van der Waals surface area contributed by atoms with Crippen LogP contribution in [0.2, 0.25) is 0 Å². The molecule has 10 rings (SSSR count). The van der Waals surface area contributed by atoms with E-state index in [2.05, 4.69) is 131 Å². The van der Waals surface area contributed by atoms with E-state index in [-0.39, 0.29) is 10.8 Å². The fraction of sp³-hybridized carbons (Fsp3) is 0.280. The van der Waals surface area contributed by atoms with Crippen molar-refractivity contribution in [3.05, 3.63) is 160 Å². The summed E-state index contributed by atoms with van der Waals surface area (Å²) in [5.41, 5.74) is 20.8. The van der Waals surface area contributed by atoms with Crippen LogP contribution in [0.3, 0.4) is 0 Å². The number of allylic oxidation sites excluding steroid dienone is 1. The predicted octanol–water partition coefficient (Wildman–Crippen LogP) is 14.1. The first-order valence-corrected chi connectivity index (χ1v) is 20.5. The molecule has 2 heteroatoms. The number of furan rings is 1. The SMILES string of the molecule is CCCCC1(CCCC)c2cc(-c3ccco3)ccc2-c2cc3c(cc21)-c1c(C)cc(C2=CCC(C)S2)cc1C31c2ccccc2-c2ccccc21. The van der Waals surface area contributed by atoms with E-state index in [9.17, 15) is 0 Å². The zero-order chi connectivity index (χ0) is 35.2. The van der Waals surface area contributed by atoms with Gasteiger partial charge in [-0.25, -0.2) is 0 Å². The molecule has 0 fully saturated rings. The van der Waals surface area contributed by atoms with Crippen LogP contribution in [-0.4, -0.2) is 5.25 Å². The average molecular weight is 695 g/mol. The molecule has 1 unspecified atom stereocenters. The Bertz CT molecular complexity index is 2370. The lowest BCUT2D eigenvalue weighted by atomic mass is 9.68. The van der Waals surface area contributed by atoms with Crippen molar-refractivity contribution in [2.75, 3.05) is 0 Å². The minimum absolute atomic E-state index is 0.0367. The van der Waals surface area contributed by atoms with Crippen LogP contribution in [-0.2, 0) is 10.8 Å². The fourth-order valence-electron chi connectivity index (χ4n) is 10.6. The van der Waals surface area contributed by atoms with Gasteiger partial charge in [0.05, 0.1) is 11.7 Å². The van der Waals surface area contributed by atoms with Gasteiger partial charge in [-0.3, -0.25) is 0 Å². The molecule has 1 atom stereocenters. The molecule has 6 aromatic rings. The third-order valence-electron chi connectivity index (χ3n) is 12.8. The number of rotatable bonds is 8. The van der Waals surface area contributed by atoms with E-state index in [1.807, 2.05) is 17.8 Å². The van der Waals surface area contributed by atoms with Gasteiger partial charge in [0, 0.05) is 21.1 Å². The summed E-state index contributed by atoms with van der Waals surface area (Å²) < 4.78 is 5.98. The van der Waals surface area contributed by atoms with E-state index in [1.54, 1.807) is 6.26 Å². The average Bonchev–Trinajstić information content (AvgIpc) is 4.00. The highest BCUT2D eigenvalue weighted by atomic mass is 32.2. The first-order valence-electron chi connectivity index (χ1n) is 19.6. The van der Waals surface area contributed by atoms with E-state index in [1.165, 1.54) is 114 Å². The molecule has 5 aromatic carbocycles. The monoisotopic (exact) mass is 694 g/mol. The van der Waals surface area contributed by atoms with Crippen molar-refractivity contribution in [2.24, 2.45) is 0 Å². The fourth-order valence-corrected chi connectivity index (χ4v) is 11.7. The maximum atomic E-state index is 5.98. The summed E-state index contributed by atoms with van der Waals surface area (Å²) in [6.45, 7) is 9.43. The van der Waals surface area contributed by atoms with Crippen LogP contribution >= 0.6 is 11.8 Å². The Labute approximate surface area is 313 Å². The van der Waals surface area contributed by atoms with E-state index >= 15 is 0 Å². The summed E-state index contributed by atoms with van der Waals surface area (Å²) >= 11 is 2.04. The van der Waals surface area contributed by atoms with Gasteiger partial charge in [0.15, 0.2) is 0 Å². The van der Waals surface area contributed by atoms with Gasteiger partial charge in [-0.2, -0.15) is 0 Å². The summed E-state index contributed by atoms with van der Waals surface area (Å²) in [6, 6.07) is 40.3. The van der Waals surface area contributed by atoms with Crippen LogP contribution in [0.15, 0.2) is 120 Å². The van der Waals surface area contributed by atoms with Gasteiger partial charge in [0.2, 0.25) is 0 Å². The molecule has 4 aliphatic rings. The number of aryl methyl sites for hydroxylation is 1. The molecular formula is C50H46OS. The first-order chi connectivity index (χ1) is 25.5. The zero-order valence-electron chi connectivity index (χ0n) is 30.8. The maximum absolute atomic E-state index is 5.98. The Morgan fingerprint density at radius 1 is 0.635 bits per heavy atom. The van der Waals surface area contributed by atoms with Gasteiger partial charge in [0.25, 0.3) is 0 Å². The van der Waals surface area contributed by atoms with Crippen molar-refractivity contribution in [1.82, 2.24) is 0 Å². The lowest BCUT2D eigenvalue weighted by molar-refractivity contribution is 0.414. The second kappa shape index (κ2) is 12.0. The summed E-state index contributed by atoms with van der Waals surface area (Å²) in [6.07, 6.45) is 12.5. The summed E-state index contributed by atoms with van der Waals surface area (Å²) in [5, 5.41) is 0.623. The molecule has 1 spiro atoms. The highest BCUT2D eigenvalue weighted by Gasteiger charge is 2.54. The van der Waals surface area contributed by atoms with Gasteiger partial charge in [-0.15, -0.1) is 11.8 Å². The quantitative estimate of drug-likeness (QED) is 0.157. The highest BCUT2D eigenvalue weighted by molar-refractivity contribution is 8.09. The Balaban J connectivity index is 1.30. The van der Waals surface area contributed by atoms with Crippen molar-refractivity contribution in [3.63, 3.8) is 0 Å². The molecule has 2 heterocycles. The molecule has 1 nitrogen and oxygen atoms in total. The smallest absolute Gasteiger partial charge is 0.133 e. The Hall–Kier alpha value is -4.53. The number of unbranched alkanes of at least 4 members (excludes halogenated alkanes) is 2. The Kier molecular flexibility index (Phi) is 7.42. The molecule has 3 aliphatic carbocycles. The highest BCUT2D eigenvalue weighted by Crippen LogP contribution is 2.66. The van der Waals surface area contributed by atoms with Gasteiger partial charge in [-0.1, -0.05) is 119 Å². The van der Waals surface area contributed by atoms with Crippen LogP contribution < -0.4 is 0 Å². The van der Waals surface area contributed by atoms with Crippen molar-refractivity contribution >= 4 is 16.7 Å². The molecule has 0 N–H and O–H groups in total. The molecule has 1 aromatic heterocycles. The van der Waals surface area contributed by atoms with Gasteiger partial charge < -0.3 is 4.42 Å². The largest absolute Gasteiger partial charge is 0.464 e. The van der Waals surface area contributed by atoms with Gasteiger partial charge >= 0.3 is 0 Å². The van der Waals surface area contributed by atoms with Gasteiger partial charge in [0.1, 0.15) is 5.76 Å². The molecule has 258 valence electrons. The van der Waals surface area contributed by atoms with E-state index in [0.717, 1.165) is 25.0 Å². The minimum atomic E-state index is -0.380. The predicted molar refractivity (Wildman–Crippen MR) is 220 cm³/mol. The van der Waals surface area contributed by atoms with Crippen molar-refractivity contribution in [3.8, 4) is 44.7 Å². The van der Waals surface area contributed by atoms with Crippen molar-refractivity contribution < 1.29 is 4.42 Å². The summed E-state index contributed by atoms with van der Waals surface area (Å²) in [4.78, 5) is 1.44. The van der Waals surface area contributed by atoms with E-state index < -0.39 is 0 Å². The number of fused-ring (bicyclic) bond motifs is 13. The lowest BCUT2D eigenvalue weighted by Gasteiger charge is -2.34. The maximum Gasteiger partial charge on any atom is 0.133 e. The molecule has 0 radical (unpaired) electrons.